The lowest BCUT2D eigenvalue weighted by atomic mass is 10.2. The summed E-state index contributed by atoms with van der Waals surface area (Å²) in [5.41, 5.74) is 1.27. The van der Waals surface area contributed by atoms with Gasteiger partial charge in [0, 0.05) is 18.3 Å². The van der Waals surface area contributed by atoms with Crippen LogP contribution < -0.4 is 16.5 Å². The maximum absolute atomic E-state index is 12.4. The number of nitrogens with two attached hydrogens (primary N) is 1. The van der Waals surface area contributed by atoms with Gasteiger partial charge in [0.05, 0.1) is 11.5 Å². The van der Waals surface area contributed by atoms with Crippen LogP contribution in [0, 0.1) is 0 Å². The summed E-state index contributed by atoms with van der Waals surface area (Å²) in [5, 5.41) is 13.4. The Balaban J connectivity index is 1.62. The first-order valence-corrected chi connectivity index (χ1v) is 8.91. The molecule has 10 heteroatoms. The zero-order valence-corrected chi connectivity index (χ0v) is 15.5. The van der Waals surface area contributed by atoms with Crippen molar-refractivity contribution in [2.24, 2.45) is 0 Å². The third kappa shape index (κ3) is 4.47. The number of carbonyl (C=O) groups excluding carboxylic acids is 2. The molecule has 0 radical (unpaired) electrons. The Bertz CT molecular complexity index is 936. The molecule has 1 aromatic carbocycles. The number of nitrogens with zero attached hydrogens (tertiary/aromatic N) is 3. The van der Waals surface area contributed by atoms with E-state index in [-0.39, 0.29) is 11.8 Å². The van der Waals surface area contributed by atoms with Crippen molar-refractivity contribution >= 4 is 35.0 Å². The highest BCUT2D eigenvalue weighted by Gasteiger charge is 2.20. The van der Waals surface area contributed by atoms with E-state index in [1.807, 2.05) is 0 Å². The number of anilines is 2. The number of furan rings is 1. The Kier molecular flexibility index (Phi) is 5.46. The molecule has 0 saturated heterocycles. The van der Waals surface area contributed by atoms with Gasteiger partial charge < -0.3 is 20.9 Å². The van der Waals surface area contributed by atoms with Crippen LogP contribution in [0.15, 0.2) is 52.2 Å². The van der Waals surface area contributed by atoms with Crippen LogP contribution >= 0.6 is 11.8 Å². The van der Waals surface area contributed by atoms with Crippen LogP contribution in [0.25, 0.3) is 11.6 Å². The molecular weight excluding hydrogens is 368 g/mol. The van der Waals surface area contributed by atoms with Crippen LogP contribution in [0.5, 0.6) is 0 Å². The number of amides is 2. The molecule has 0 unspecified atom stereocenters. The van der Waals surface area contributed by atoms with Gasteiger partial charge in [-0.1, -0.05) is 11.8 Å². The first kappa shape index (κ1) is 18.5. The summed E-state index contributed by atoms with van der Waals surface area (Å²) < 4.78 is 6.55. The molecule has 0 aliphatic rings. The van der Waals surface area contributed by atoms with Gasteiger partial charge in [-0.05, 0) is 43.3 Å². The van der Waals surface area contributed by atoms with E-state index in [1.54, 1.807) is 43.3 Å². The molecular formula is C17H18N6O3S. The van der Waals surface area contributed by atoms with Crippen LogP contribution in [0.1, 0.15) is 13.8 Å². The standard InChI is InChI=1S/C17H18N6O3S/c1-10(16(25)20-13-7-5-12(6-8-13)19-11(2)24)27-17-22-21-15(23(17)18)14-4-3-9-26-14/h3-10H,18H2,1-2H3,(H,19,24)(H,20,25)/t10-/m0/s1. The zero-order valence-electron chi connectivity index (χ0n) is 14.7. The number of thioether (sulfide) groups is 1. The molecule has 4 N–H and O–H groups in total. The predicted molar refractivity (Wildman–Crippen MR) is 103 cm³/mol. The summed E-state index contributed by atoms with van der Waals surface area (Å²) in [5.74, 6) is 6.50. The van der Waals surface area contributed by atoms with Gasteiger partial charge >= 0.3 is 0 Å². The van der Waals surface area contributed by atoms with Crippen molar-refractivity contribution in [2.75, 3.05) is 16.5 Å². The highest BCUT2D eigenvalue weighted by Crippen LogP contribution is 2.25. The predicted octanol–water partition coefficient (Wildman–Crippen LogP) is 2.33. The summed E-state index contributed by atoms with van der Waals surface area (Å²) in [7, 11) is 0. The molecule has 0 saturated carbocycles. The minimum Gasteiger partial charge on any atom is -0.461 e. The summed E-state index contributed by atoms with van der Waals surface area (Å²) in [4.78, 5) is 23.4. The highest BCUT2D eigenvalue weighted by molar-refractivity contribution is 8.00. The Morgan fingerprint density at radius 2 is 1.81 bits per heavy atom. The van der Waals surface area contributed by atoms with Gasteiger partial charge in [-0.2, -0.15) is 0 Å². The minimum absolute atomic E-state index is 0.156. The molecule has 0 aliphatic carbocycles. The third-order valence-corrected chi connectivity index (χ3v) is 4.59. The maximum Gasteiger partial charge on any atom is 0.237 e. The number of nitrogen functional groups attached to an aromatic ring is 1. The van der Waals surface area contributed by atoms with E-state index in [1.165, 1.54) is 29.6 Å². The number of nitrogens with one attached hydrogen (secondary N) is 2. The Morgan fingerprint density at radius 1 is 1.15 bits per heavy atom. The molecule has 140 valence electrons. The van der Waals surface area contributed by atoms with Gasteiger partial charge in [-0.25, -0.2) is 4.68 Å². The van der Waals surface area contributed by atoms with Gasteiger partial charge in [-0.15, -0.1) is 10.2 Å². The Hall–Kier alpha value is -3.27. The Labute approximate surface area is 159 Å². The van der Waals surface area contributed by atoms with E-state index in [4.69, 9.17) is 10.3 Å². The van der Waals surface area contributed by atoms with Gasteiger partial charge in [0.2, 0.25) is 22.8 Å². The molecule has 0 fully saturated rings. The molecule has 3 rings (SSSR count). The van der Waals surface area contributed by atoms with Crippen LogP contribution in [-0.2, 0) is 9.59 Å². The van der Waals surface area contributed by atoms with E-state index in [2.05, 4.69) is 20.8 Å². The quantitative estimate of drug-likeness (QED) is 0.438. The highest BCUT2D eigenvalue weighted by atomic mass is 32.2. The number of benzene rings is 1. The lowest BCUT2D eigenvalue weighted by Crippen LogP contribution is -2.23. The second kappa shape index (κ2) is 7.96. The molecule has 27 heavy (non-hydrogen) atoms. The molecule has 3 aromatic rings. The molecule has 2 amide bonds. The van der Waals surface area contributed by atoms with Crippen molar-refractivity contribution in [1.82, 2.24) is 14.9 Å². The fraction of sp³-hybridized carbons (Fsp3) is 0.176. The van der Waals surface area contributed by atoms with Gasteiger partial charge in [0.25, 0.3) is 0 Å². The second-order valence-electron chi connectivity index (χ2n) is 5.66. The molecule has 0 aliphatic heterocycles. The number of hydrogen-bond donors (Lipinski definition) is 3. The van der Waals surface area contributed by atoms with Gasteiger partial charge in [0.1, 0.15) is 0 Å². The van der Waals surface area contributed by atoms with Crippen molar-refractivity contribution in [3.05, 3.63) is 42.7 Å². The normalized spacial score (nSPS) is 11.8. The number of rotatable bonds is 6. The molecule has 0 bridgehead atoms. The monoisotopic (exact) mass is 386 g/mol. The summed E-state index contributed by atoms with van der Waals surface area (Å²) in [6.07, 6.45) is 1.52. The topological polar surface area (TPSA) is 128 Å². The average Bonchev–Trinajstić information content (AvgIpc) is 3.27. The first-order valence-electron chi connectivity index (χ1n) is 8.03. The van der Waals surface area contributed by atoms with Crippen LogP contribution in [0.3, 0.4) is 0 Å². The van der Waals surface area contributed by atoms with Gasteiger partial charge in [0.15, 0.2) is 5.76 Å². The molecule has 2 aromatic heterocycles. The van der Waals surface area contributed by atoms with Crippen molar-refractivity contribution in [2.45, 2.75) is 24.3 Å². The van der Waals surface area contributed by atoms with E-state index >= 15 is 0 Å². The van der Waals surface area contributed by atoms with Crippen molar-refractivity contribution in [1.29, 1.82) is 0 Å². The van der Waals surface area contributed by atoms with Crippen LogP contribution in [-0.4, -0.2) is 31.9 Å². The number of aromatic nitrogens is 3. The van der Waals surface area contributed by atoms with Gasteiger partial charge in [-0.3, -0.25) is 9.59 Å². The largest absolute Gasteiger partial charge is 0.461 e. The van der Waals surface area contributed by atoms with Crippen molar-refractivity contribution in [3.63, 3.8) is 0 Å². The summed E-state index contributed by atoms with van der Waals surface area (Å²) in [6, 6.07) is 10.3. The Morgan fingerprint density at radius 3 is 2.41 bits per heavy atom. The van der Waals surface area contributed by atoms with Crippen molar-refractivity contribution in [3.8, 4) is 11.6 Å². The molecule has 2 heterocycles. The lowest BCUT2D eigenvalue weighted by molar-refractivity contribution is -0.115. The fourth-order valence-corrected chi connectivity index (χ4v) is 3.00. The number of hydrogen-bond acceptors (Lipinski definition) is 7. The molecule has 9 nitrogen and oxygen atoms in total. The second-order valence-corrected chi connectivity index (χ2v) is 6.97. The smallest absolute Gasteiger partial charge is 0.237 e. The van der Waals surface area contributed by atoms with Crippen molar-refractivity contribution < 1.29 is 14.0 Å². The zero-order chi connectivity index (χ0) is 19.4. The molecule has 0 spiro atoms. The summed E-state index contributed by atoms with van der Waals surface area (Å²) >= 11 is 1.18. The maximum atomic E-state index is 12.4. The van der Waals surface area contributed by atoms with Crippen LogP contribution in [0.2, 0.25) is 0 Å². The summed E-state index contributed by atoms with van der Waals surface area (Å²) in [6.45, 7) is 3.18. The third-order valence-electron chi connectivity index (χ3n) is 3.53. The van der Waals surface area contributed by atoms with E-state index in [0.717, 1.165) is 0 Å². The van der Waals surface area contributed by atoms with E-state index < -0.39 is 5.25 Å². The first-order chi connectivity index (χ1) is 12.9. The fourth-order valence-electron chi connectivity index (χ4n) is 2.23. The number of carbonyl (C=O) groups is 2. The average molecular weight is 386 g/mol. The molecule has 1 atom stereocenters. The van der Waals surface area contributed by atoms with E-state index in [9.17, 15) is 9.59 Å². The lowest BCUT2D eigenvalue weighted by Gasteiger charge is -2.12. The van der Waals surface area contributed by atoms with Crippen LogP contribution in [0.4, 0.5) is 11.4 Å². The minimum atomic E-state index is -0.462. The van der Waals surface area contributed by atoms with E-state index in [0.29, 0.717) is 28.1 Å². The SMILES string of the molecule is CC(=O)Nc1ccc(NC(=O)[C@H](C)Sc2nnc(-c3ccco3)n2N)cc1.